The molecule has 0 fully saturated rings. The van der Waals surface area contributed by atoms with Gasteiger partial charge in [0, 0.05) is 35.3 Å². The van der Waals surface area contributed by atoms with E-state index >= 15 is 0 Å². The Morgan fingerprint density at radius 1 is 0.919 bits per heavy atom. The third-order valence-electron chi connectivity index (χ3n) is 5.98. The van der Waals surface area contributed by atoms with Crippen molar-refractivity contribution in [3.8, 4) is 22.8 Å². The summed E-state index contributed by atoms with van der Waals surface area (Å²) in [6.45, 7) is 4.07. The summed E-state index contributed by atoms with van der Waals surface area (Å²) in [6, 6.07) is 15.2. The minimum atomic E-state index is -1.09. The number of carboxylic acids is 1. The molecular formula is C28H28N4O5. The standard InChI is InChI=1S/C28H28N4O5/c1-15(2)24-18(10-7-11-20(24)30-26(33)16-8-6-9-17(12-16)27(34)35)25-19-13-22(36-4)23(37-5)14-21(19)31-28(29-3)32-25/h6-15H,1-5H3,(H,30,33)(H,34,35)(H,29,31,32). The Morgan fingerprint density at radius 3 is 2.24 bits per heavy atom. The van der Waals surface area contributed by atoms with Crippen molar-refractivity contribution < 1.29 is 24.2 Å². The van der Waals surface area contributed by atoms with E-state index in [1.54, 1.807) is 39.5 Å². The number of hydrogen-bond acceptors (Lipinski definition) is 7. The van der Waals surface area contributed by atoms with E-state index in [9.17, 15) is 14.7 Å². The van der Waals surface area contributed by atoms with Crippen LogP contribution in [-0.2, 0) is 0 Å². The molecule has 9 heteroatoms. The highest BCUT2D eigenvalue weighted by molar-refractivity contribution is 6.07. The van der Waals surface area contributed by atoms with Crippen LogP contribution in [0.15, 0.2) is 54.6 Å². The maximum Gasteiger partial charge on any atom is 0.335 e. The molecule has 1 aromatic heterocycles. The van der Waals surface area contributed by atoms with E-state index in [2.05, 4.69) is 15.6 Å². The highest BCUT2D eigenvalue weighted by Gasteiger charge is 2.21. The van der Waals surface area contributed by atoms with Crippen molar-refractivity contribution in [1.29, 1.82) is 0 Å². The number of carbonyl (C=O) groups is 2. The first-order valence-corrected chi connectivity index (χ1v) is 11.7. The van der Waals surface area contributed by atoms with Gasteiger partial charge in [-0.2, -0.15) is 0 Å². The monoisotopic (exact) mass is 500 g/mol. The van der Waals surface area contributed by atoms with Gasteiger partial charge in [-0.3, -0.25) is 4.79 Å². The summed E-state index contributed by atoms with van der Waals surface area (Å²) in [5.74, 6) is 0.0466. The first-order chi connectivity index (χ1) is 17.8. The molecule has 3 aromatic carbocycles. The van der Waals surface area contributed by atoms with Crippen LogP contribution in [0, 0.1) is 0 Å². The van der Waals surface area contributed by atoms with Gasteiger partial charge in [0.05, 0.1) is 31.0 Å². The smallest absolute Gasteiger partial charge is 0.335 e. The van der Waals surface area contributed by atoms with Crippen molar-refractivity contribution in [3.05, 3.63) is 71.3 Å². The van der Waals surface area contributed by atoms with E-state index in [1.165, 1.54) is 12.1 Å². The van der Waals surface area contributed by atoms with Gasteiger partial charge in [0.15, 0.2) is 11.5 Å². The minimum absolute atomic E-state index is 0.0139. The quantitative estimate of drug-likeness (QED) is 0.293. The molecule has 0 saturated heterocycles. The zero-order chi connectivity index (χ0) is 26.7. The van der Waals surface area contributed by atoms with Crippen molar-refractivity contribution in [3.63, 3.8) is 0 Å². The van der Waals surface area contributed by atoms with Crippen LogP contribution < -0.4 is 20.1 Å². The number of benzene rings is 3. The number of hydrogen-bond donors (Lipinski definition) is 3. The Balaban J connectivity index is 1.88. The summed E-state index contributed by atoms with van der Waals surface area (Å²) in [5.41, 5.74) is 3.94. The SMILES string of the molecule is CNc1nc(-c2cccc(NC(=O)c3cccc(C(=O)O)c3)c2C(C)C)c2cc(OC)c(OC)cc2n1. The van der Waals surface area contributed by atoms with Crippen molar-refractivity contribution in [2.24, 2.45) is 0 Å². The van der Waals surface area contributed by atoms with Crippen LogP contribution in [0.25, 0.3) is 22.2 Å². The molecule has 4 rings (SSSR count). The lowest BCUT2D eigenvalue weighted by atomic mass is 9.91. The molecule has 0 atom stereocenters. The van der Waals surface area contributed by atoms with E-state index < -0.39 is 11.9 Å². The Bertz CT molecular complexity index is 1500. The normalized spacial score (nSPS) is 10.9. The van der Waals surface area contributed by atoms with Crippen LogP contribution in [0.3, 0.4) is 0 Å². The number of carboxylic acid groups (broad SMARTS) is 1. The Labute approximate surface area is 214 Å². The largest absolute Gasteiger partial charge is 0.493 e. The topological polar surface area (TPSA) is 123 Å². The van der Waals surface area contributed by atoms with E-state index in [1.807, 2.05) is 38.1 Å². The number of amides is 1. The fourth-order valence-electron chi connectivity index (χ4n) is 4.26. The molecule has 0 aliphatic heterocycles. The number of fused-ring (bicyclic) bond motifs is 1. The fraction of sp³-hybridized carbons (Fsp3) is 0.214. The summed E-state index contributed by atoms with van der Waals surface area (Å²) >= 11 is 0. The van der Waals surface area contributed by atoms with Crippen LogP contribution in [0.5, 0.6) is 11.5 Å². The number of rotatable bonds is 8. The number of nitrogens with one attached hydrogen (secondary N) is 2. The number of nitrogens with zero attached hydrogens (tertiary/aromatic N) is 2. The number of aromatic nitrogens is 2. The van der Waals surface area contributed by atoms with Gasteiger partial charge in [0.25, 0.3) is 5.91 Å². The van der Waals surface area contributed by atoms with Crippen LogP contribution in [-0.4, -0.2) is 48.2 Å². The molecule has 0 radical (unpaired) electrons. The number of methoxy groups -OCH3 is 2. The lowest BCUT2D eigenvalue weighted by molar-refractivity contribution is 0.0697. The van der Waals surface area contributed by atoms with E-state index in [0.29, 0.717) is 34.3 Å². The number of anilines is 2. The van der Waals surface area contributed by atoms with Crippen LogP contribution in [0.4, 0.5) is 11.6 Å². The molecule has 1 amide bonds. The van der Waals surface area contributed by atoms with Gasteiger partial charge < -0.3 is 25.2 Å². The summed E-state index contributed by atoms with van der Waals surface area (Å²) in [5, 5.41) is 16.0. The highest BCUT2D eigenvalue weighted by Crippen LogP contribution is 2.40. The molecular weight excluding hydrogens is 472 g/mol. The van der Waals surface area contributed by atoms with Gasteiger partial charge in [-0.15, -0.1) is 0 Å². The zero-order valence-electron chi connectivity index (χ0n) is 21.2. The second-order valence-electron chi connectivity index (χ2n) is 8.63. The van der Waals surface area contributed by atoms with Crippen molar-refractivity contribution >= 4 is 34.4 Å². The minimum Gasteiger partial charge on any atom is -0.493 e. The molecule has 0 saturated carbocycles. The van der Waals surface area contributed by atoms with Gasteiger partial charge in [-0.25, -0.2) is 14.8 Å². The van der Waals surface area contributed by atoms with Gasteiger partial charge >= 0.3 is 5.97 Å². The molecule has 4 aromatic rings. The maximum absolute atomic E-state index is 13.1. The molecule has 3 N–H and O–H groups in total. The van der Waals surface area contributed by atoms with Crippen molar-refractivity contribution in [2.45, 2.75) is 19.8 Å². The number of aromatic carboxylic acids is 1. The van der Waals surface area contributed by atoms with Crippen molar-refractivity contribution in [1.82, 2.24) is 9.97 Å². The Morgan fingerprint density at radius 2 is 1.59 bits per heavy atom. The summed E-state index contributed by atoms with van der Waals surface area (Å²) < 4.78 is 11.0. The molecule has 0 bridgehead atoms. The van der Waals surface area contributed by atoms with E-state index in [-0.39, 0.29) is 17.0 Å². The molecule has 0 aliphatic rings. The first-order valence-electron chi connectivity index (χ1n) is 11.7. The molecule has 190 valence electrons. The predicted octanol–water partition coefficient (Wildman–Crippen LogP) is 5.43. The van der Waals surface area contributed by atoms with Gasteiger partial charge in [0.2, 0.25) is 5.95 Å². The van der Waals surface area contributed by atoms with E-state index in [4.69, 9.17) is 14.5 Å². The van der Waals surface area contributed by atoms with E-state index in [0.717, 1.165) is 16.5 Å². The molecule has 0 unspecified atom stereocenters. The van der Waals surface area contributed by atoms with Gasteiger partial charge in [-0.05, 0) is 41.8 Å². The zero-order valence-corrected chi connectivity index (χ0v) is 21.2. The van der Waals surface area contributed by atoms with Gasteiger partial charge in [0.1, 0.15) is 0 Å². The lowest BCUT2D eigenvalue weighted by Gasteiger charge is -2.20. The van der Waals surface area contributed by atoms with Crippen LogP contribution in [0.1, 0.15) is 46.0 Å². The second-order valence-corrected chi connectivity index (χ2v) is 8.63. The van der Waals surface area contributed by atoms with Crippen LogP contribution in [0.2, 0.25) is 0 Å². The average Bonchev–Trinajstić information content (AvgIpc) is 2.91. The predicted molar refractivity (Wildman–Crippen MR) is 143 cm³/mol. The fourth-order valence-corrected chi connectivity index (χ4v) is 4.26. The van der Waals surface area contributed by atoms with Crippen molar-refractivity contribution in [2.75, 3.05) is 31.9 Å². The highest BCUT2D eigenvalue weighted by atomic mass is 16.5. The average molecular weight is 501 g/mol. The molecule has 1 heterocycles. The van der Waals surface area contributed by atoms with Gasteiger partial charge in [-0.1, -0.05) is 32.0 Å². The third kappa shape index (κ3) is 5.02. The summed E-state index contributed by atoms with van der Waals surface area (Å²) in [7, 11) is 4.89. The molecule has 0 aliphatic carbocycles. The Kier molecular flexibility index (Phi) is 7.24. The Hall–Kier alpha value is -4.66. The number of ether oxygens (including phenoxy) is 2. The molecule has 9 nitrogen and oxygen atoms in total. The number of carbonyl (C=O) groups excluding carboxylic acids is 1. The lowest BCUT2D eigenvalue weighted by Crippen LogP contribution is -2.15. The molecule has 37 heavy (non-hydrogen) atoms. The third-order valence-corrected chi connectivity index (χ3v) is 5.98. The summed E-state index contributed by atoms with van der Waals surface area (Å²) in [6.07, 6.45) is 0. The second kappa shape index (κ2) is 10.5. The van der Waals surface area contributed by atoms with Crippen LogP contribution >= 0.6 is 0 Å². The molecule has 0 spiro atoms. The first kappa shape index (κ1) is 25.4. The maximum atomic E-state index is 13.1. The summed E-state index contributed by atoms with van der Waals surface area (Å²) in [4.78, 5) is 33.8.